The van der Waals surface area contributed by atoms with Crippen LogP contribution in [0.15, 0.2) is 60.8 Å². The zero-order chi connectivity index (χ0) is 38.4. The Morgan fingerprint density at radius 1 is 0.596 bits per heavy atom. The Labute approximate surface area is 315 Å². The van der Waals surface area contributed by atoms with Gasteiger partial charge in [0.1, 0.15) is 12.7 Å². The maximum atomic E-state index is 12.5. The normalized spacial score (nSPS) is 14.6. The standard InChI is InChI=1S/C41H71O10P/c1-3-5-7-9-11-13-15-17-18-19-20-21-23-25-27-29-31-33-41(45)51-39(37-50-52(46,47)49-35-38(43)34-42)36-48-40(44)32-30-28-26-24-22-16-14-12-10-8-6-4-2/h5,7,11,13,17-18,20-21,25,27,38-39,42-43H,3-4,6,8-10,12,14-16,19,22-24,26,28-37H2,1-2H3,(H,46,47)/b7-5+,13-11+,18-17+,21-20+,27-25+/t38-,39+/m0/s1. The molecule has 11 heteroatoms. The van der Waals surface area contributed by atoms with Crippen LogP contribution in [0.3, 0.4) is 0 Å². The summed E-state index contributed by atoms with van der Waals surface area (Å²) in [6.45, 7) is 2.17. The van der Waals surface area contributed by atoms with Crippen LogP contribution in [-0.4, -0.2) is 65.7 Å². The summed E-state index contributed by atoms with van der Waals surface area (Å²) in [7, 11) is -4.63. The minimum Gasteiger partial charge on any atom is -0.462 e. The number of carbonyl (C=O) groups is 2. The second-order valence-corrected chi connectivity index (χ2v) is 14.4. The van der Waals surface area contributed by atoms with Gasteiger partial charge in [0.25, 0.3) is 0 Å². The van der Waals surface area contributed by atoms with Gasteiger partial charge in [-0.1, -0.05) is 145 Å². The van der Waals surface area contributed by atoms with E-state index in [0.29, 0.717) is 19.3 Å². The van der Waals surface area contributed by atoms with E-state index in [1.807, 2.05) is 12.2 Å². The van der Waals surface area contributed by atoms with Crippen LogP contribution < -0.4 is 0 Å². The average Bonchev–Trinajstić information content (AvgIpc) is 3.13. The summed E-state index contributed by atoms with van der Waals surface area (Å²) in [4.78, 5) is 34.8. The molecule has 0 amide bonds. The second-order valence-electron chi connectivity index (χ2n) is 12.9. The molecule has 0 saturated heterocycles. The molecular weight excluding hydrogens is 683 g/mol. The second kappa shape index (κ2) is 37.0. The van der Waals surface area contributed by atoms with Crippen molar-refractivity contribution in [1.82, 2.24) is 0 Å². The maximum absolute atomic E-state index is 12.5. The number of hydrogen-bond donors (Lipinski definition) is 3. The van der Waals surface area contributed by atoms with E-state index in [0.717, 1.165) is 51.4 Å². The topological polar surface area (TPSA) is 149 Å². The third-order valence-electron chi connectivity index (χ3n) is 7.94. The van der Waals surface area contributed by atoms with E-state index in [1.165, 1.54) is 51.4 Å². The van der Waals surface area contributed by atoms with E-state index in [4.69, 9.17) is 19.1 Å². The molecule has 10 nitrogen and oxygen atoms in total. The quantitative estimate of drug-likeness (QED) is 0.0244. The van der Waals surface area contributed by atoms with Crippen molar-refractivity contribution in [2.24, 2.45) is 0 Å². The molecule has 1 unspecified atom stereocenters. The van der Waals surface area contributed by atoms with Gasteiger partial charge in [-0.2, -0.15) is 0 Å². The maximum Gasteiger partial charge on any atom is 0.472 e. The number of rotatable bonds is 36. The number of aliphatic hydroxyl groups is 2. The lowest BCUT2D eigenvalue weighted by atomic mass is 10.0. The average molecular weight is 755 g/mol. The zero-order valence-electron chi connectivity index (χ0n) is 32.3. The number of esters is 2. The number of carbonyl (C=O) groups excluding carboxylic acids is 2. The van der Waals surface area contributed by atoms with Crippen molar-refractivity contribution in [3.63, 3.8) is 0 Å². The summed E-state index contributed by atoms with van der Waals surface area (Å²) in [5.41, 5.74) is 0. The van der Waals surface area contributed by atoms with Crippen LogP contribution >= 0.6 is 7.82 Å². The fourth-order valence-corrected chi connectivity index (χ4v) is 5.70. The fraction of sp³-hybridized carbons (Fsp3) is 0.707. The highest BCUT2D eigenvalue weighted by Gasteiger charge is 2.27. The highest BCUT2D eigenvalue weighted by atomic mass is 31.2. The molecule has 0 aromatic heterocycles. The van der Waals surface area contributed by atoms with Crippen LogP contribution in [0, 0.1) is 0 Å². The van der Waals surface area contributed by atoms with Crippen LogP contribution in [0.1, 0.15) is 149 Å². The van der Waals surface area contributed by atoms with Gasteiger partial charge in [-0.25, -0.2) is 4.57 Å². The van der Waals surface area contributed by atoms with Gasteiger partial charge in [0, 0.05) is 12.8 Å². The molecule has 0 rings (SSSR count). The molecule has 0 bridgehead atoms. The molecule has 0 aromatic rings. The number of hydrogen-bond acceptors (Lipinski definition) is 9. The lowest BCUT2D eigenvalue weighted by molar-refractivity contribution is -0.161. The van der Waals surface area contributed by atoms with E-state index < -0.39 is 51.8 Å². The van der Waals surface area contributed by atoms with Gasteiger partial charge in [0.2, 0.25) is 0 Å². The van der Waals surface area contributed by atoms with E-state index >= 15 is 0 Å². The van der Waals surface area contributed by atoms with E-state index in [9.17, 15) is 24.2 Å². The first-order valence-electron chi connectivity index (χ1n) is 19.7. The Hall–Kier alpha value is -2.33. The minimum absolute atomic E-state index is 0.105. The van der Waals surface area contributed by atoms with Crippen molar-refractivity contribution in [2.45, 2.75) is 161 Å². The van der Waals surface area contributed by atoms with Crippen LogP contribution in [-0.2, 0) is 32.7 Å². The van der Waals surface area contributed by atoms with Gasteiger partial charge in [-0.3, -0.25) is 18.6 Å². The highest BCUT2D eigenvalue weighted by molar-refractivity contribution is 7.47. The Morgan fingerprint density at radius 2 is 1.06 bits per heavy atom. The van der Waals surface area contributed by atoms with Crippen LogP contribution in [0.4, 0.5) is 0 Å². The molecule has 0 fully saturated rings. The summed E-state index contributed by atoms with van der Waals surface area (Å²) in [6, 6.07) is 0. The molecule has 0 aliphatic carbocycles. The molecule has 3 N–H and O–H groups in total. The molecule has 0 aliphatic rings. The zero-order valence-corrected chi connectivity index (χ0v) is 33.1. The monoisotopic (exact) mass is 754 g/mol. The third-order valence-corrected chi connectivity index (χ3v) is 8.89. The van der Waals surface area contributed by atoms with E-state index in [2.05, 4.69) is 67.0 Å². The first-order chi connectivity index (χ1) is 25.2. The van der Waals surface area contributed by atoms with Crippen molar-refractivity contribution in [1.29, 1.82) is 0 Å². The third kappa shape index (κ3) is 36.0. The number of aliphatic hydroxyl groups excluding tert-OH is 2. The van der Waals surface area contributed by atoms with Crippen LogP contribution in [0.5, 0.6) is 0 Å². The van der Waals surface area contributed by atoms with Gasteiger partial charge in [0.05, 0.1) is 19.8 Å². The number of ether oxygens (including phenoxy) is 2. The summed E-state index contributed by atoms with van der Waals surface area (Å²) in [5, 5.41) is 18.3. The molecule has 0 aliphatic heterocycles. The lowest BCUT2D eigenvalue weighted by Crippen LogP contribution is -2.29. The summed E-state index contributed by atoms with van der Waals surface area (Å²) in [5.74, 6) is -0.997. The molecule has 0 heterocycles. The van der Waals surface area contributed by atoms with Crippen molar-refractivity contribution in [3.05, 3.63) is 60.8 Å². The summed E-state index contributed by atoms with van der Waals surface area (Å²) in [6.07, 6.45) is 39.1. The van der Waals surface area contributed by atoms with Gasteiger partial charge in [-0.15, -0.1) is 0 Å². The highest BCUT2D eigenvalue weighted by Crippen LogP contribution is 2.43. The molecule has 0 radical (unpaired) electrons. The van der Waals surface area contributed by atoms with Crippen molar-refractivity contribution in [2.75, 3.05) is 26.4 Å². The Balaban J connectivity index is 4.47. The first-order valence-corrected chi connectivity index (χ1v) is 21.2. The lowest BCUT2D eigenvalue weighted by Gasteiger charge is -2.20. The number of unbranched alkanes of at least 4 members (excludes halogenated alkanes) is 12. The van der Waals surface area contributed by atoms with Crippen LogP contribution in [0.25, 0.3) is 0 Å². The predicted octanol–water partition coefficient (Wildman–Crippen LogP) is 9.94. The van der Waals surface area contributed by atoms with Gasteiger partial charge >= 0.3 is 19.8 Å². The summed E-state index contributed by atoms with van der Waals surface area (Å²) < 4.78 is 32.5. The van der Waals surface area contributed by atoms with Gasteiger partial charge < -0.3 is 24.6 Å². The first kappa shape index (κ1) is 49.7. The molecule has 300 valence electrons. The van der Waals surface area contributed by atoms with E-state index in [1.54, 1.807) is 0 Å². The SMILES string of the molecule is CC/C=C/C/C=C/C/C=C/C/C=C/C/C=C/CCCC(=O)O[C@H](COC(=O)CCCCCCCCCCCCCC)COP(=O)(O)OC[C@@H](O)CO. The Morgan fingerprint density at radius 3 is 1.58 bits per heavy atom. The van der Waals surface area contributed by atoms with Crippen molar-refractivity contribution < 1.29 is 47.8 Å². The molecule has 0 spiro atoms. The predicted molar refractivity (Wildman–Crippen MR) is 210 cm³/mol. The summed E-state index contributed by atoms with van der Waals surface area (Å²) >= 11 is 0. The molecule has 0 aromatic carbocycles. The van der Waals surface area contributed by atoms with Crippen LogP contribution in [0.2, 0.25) is 0 Å². The number of allylic oxidation sites excluding steroid dienone is 10. The molecule has 52 heavy (non-hydrogen) atoms. The van der Waals surface area contributed by atoms with Crippen molar-refractivity contribution >= 4 is 19.8 Å². The molecule has 3 atom stereocenters. The number of phosphoric ester groups is 1. The Kier molecular flexibility index (Phi) is 35.3. The van der Waals surface area contributed by atoms with Crippen molar-refractivity contribution in [3.8, 4) is 0 Å². The molecular formula is C41H71O10P. The minimum atomic E-state index is -4.63. The fourth-order valence-electron chi connectivity index (χ4n) is 4.91. The Bertz CT molecular complexity index is 1050. The van der Waals surface area contributed by atoms with E-state index in [-0.39, 0.29) is 19.4 Å². The largest absolute Gasteiger partial charge is 0.472 e. The molecule has 0 saturated carbocycles. The van der Waals surface area contributed by atoms with Gasteiger partial charge in [-0.05, 0) is 51.4 Å². The number of phosphoric acid groups is 1. The smallest absolute Gasteiger partial charge is 0.462 e. The van der Waals surface area contributed by atoms with Gasteiger partial charge in [0.15, 0.2) is 6.10 Å².